The number of hydrogen-bond donors (Lipinski definition) is 0. The first-order valence-electron chi connectivity index (χ1n) is 4.35. The number of fused-ring (bicyclic) bond motifs is 1. The molecule has 1 heterocycles. The van der Waals surface area contributed by atoms with E-state index >= 15 is 0 Å². The van der Waals surface area contributed by atoms with E-state index in [1.54, 1.807) is 6.26 Å². The van der Waals surface area contributed by atoms with Crippen LogP contribution in [0.4, 0.5) is 0 Å². The van der Waals surface area contributed by atoms with Gasteiger partial charge in [0, 0.05) is 9.86 Å². The van der Waals surface area contributed by atoms with E-state index in [0.717, 1.165) is 15.4 Å². The maximum Gasteiger partial charge on any atom is 0.137 e. The number of furan rings is 1. The fourth-order valence-corrected chi connectivity index (χ4v) is 1.99. The van der Waals surface area contributed by atoms with Gasteiger partial charge in [0.25, 0.3) is 0 Å². The maximum absolute atomic E-state index is 5.44. The Hall–Kier alpha value is -0.760. The van der Waals surface area contributed by atoms with Crippen molar-refractivity contribution in [3.05, 3.63) is 34.5 Å². The van der Waals surface area contributed by atoms with Crippen LogP contribution in [0.3, 0.4) is 0 Å². The third-order valence-electron chi connectivity index (χ3n) is 2.17. The lowest BCUT2D eigenvalue weighted by Gasteiger charge is -2.06. The van der Waals surface area contributed by atoms with Crippen molar-refractivity contribution in [2.24, 2.45) is 0 Å². The van der Waals surface area contributed by atoms with Crippen molar-refractivity contribution < 1.29 is 4.42 Å². The van der Waals surface area contributed by atoms with Crippen molar-refractivity contribution in [3.8, 4) is 0 Å². The molecule has 0 aliphatic rings. The van der Waals surface area contributed by atoms with Crippen molar-refractivity contribution in [2.75, 3.05) is 0 Å². The molecule has 1 aromatic heterocycles. The van der Waals surface area contributed by atoms with Gasteiger partial charge in [-0.2, -0.15) is 0 Å². The van der Waals surface area contributed by atoms with E-state index in [0.29, 0.717) is 5.92 Å². The third kappa shape index (κ3) is 1.51. The summed E-state index contributed by atoms with van der Waals surface area (Å²) >= 11 is 3.49. The molecule has 0 saturated carbocycles. The Bertz CT molecular complexity index is 429. The summed E-state index contributed by atoms with van der Waals surface area (Å²) in [7, 11) is 0. The number of benzene rings is 1. The lowest BCUT2D eigenvalue weighted by atomic mass is 10.0. The van der Waals surface area contributed by atoms with E-state index in [9.17, 15) is 0 Å². The van der Waals surface area contributed by atoms with Gasteiger partial charge in [0.1, 0.15) is 5.58 Å². The van der Waals surface area contributed by atoms with Gasteiger partial charge in [-0.15, -0.1) is 0 Å². The normalized spacial score (nSPS) is 11.4. The molecular weight excluding hydrogens is 228 g/mol. The van der Waals surface area contributed by atoms with Crippen LogP contribution in [0.15, 0.2) is 33.4 Å². The van der Waals surface area contributed by atoms with Crippen molar-refractivity contribution in [1.29, 1.82) is 0 Å². The van der Waals surface area contributed by atoms with E-state index in [1.165, 1.54) is 5.56 Å². The van der Waals surface area contributed by atoms with Crippen molar-refractivity contribution in [3.63, 3.8) is 0 Å². The van der Waals surface area contributed by atoms with Crippen LogP contribution >= 0.6 is 15.9 Å². The maximum atomic E-state index is 5.44. The Morgan fingerprint density at radius 2 is 2.08 bits per heavy atom. The first-order chi connectivity index (χ1) is 6.18. The molecule has 0 radical (unpaired) electrons. The average Bonchev–Trinajstić information content (AvgIpc) is 2.49. The summed E-state index contributed by atoms with van der Waals surface area (Å²) in [6, 6.07) is 6.19. The van der Waals surface area contributed by atoms with Gasteiger partial charge in [-0.3, -0.25) is 0 Å². The summed E-state index contributed by atoms with van der Waals surface area (Å²) in [6.45, 7) is 4.34. The Kier molecular flexibility index (Phi) is 2.16. The second-order valence-corrected chi connectivity index (χ2v) is 4.40. The summed E-state index contributed by atoms with van der Waals surface area (Å²) in [5.74, 6) is 0.492. The molecule has 2 rings (SSSR count). The molecule has 68 valence electrons. The predicted octanol–water partition coefficient (Wildman–Crippen LogP) is 4.32. The standard InChI is InChI=1S/C11H11BrO/c1-7(2)10-6-9(12)5-8-3-4-13-11(8)10/h3-7H,1-2H3. The number of hydrogen-bond acceptors (Lipinski definition) is 1. The van der Waals surface area contributed by atoms with E-state index in [1.807, 2.05) is 6.07 Å². The topological polar surface area (TPSA) is 13.1 Å². The zero-order chi connectivity index (χ0) is 9.42. The highest BCUT2D eigenvalue weighted by molar-refractivity contribution is 9.10. The molecule has 0 aliphatic heterocycles. The van der Waals surface area contributed by atoms with E-state index in [2.05, 4.69) is 41.9 Å². The van der Waals surface area contributed by atoms with Crippen LogP contribution in [0.1, 0.15) is 25.3 Å². The molecule has 0 spiro atoms. The largest absolute Gasteiger partial charge is 0.464 e. The van der Waals surface area contributed by atoms with E-state index in [4.69, 9.17) is 4.42 Å². The van der Waals surface area contributed by atoms with Crippen molar-refractivity contribution in [1.82, 2.24) is 0 Å². The number of rotatable bonds is 1. The lowest BCUT2D eigenvalue weighted by molar-refractivity contribution is 0.607. The van der Waals surface area contributed by atoms with Gasteiger partial charge in [-0.05, 0) is 29.7 Å². The van der Waals surface area contributed by atoms with Crippen LogP contribution in [0.5, 0.6) is 0 Å². The monoisotopic (exact) mass is 238 g/mol. The Morgan fingerprint density at radius 3 is 2.77 bits per heavy atom. The van der Waals surface area contributed by atoms with Gasteiger partial charge in [0.15, 0.2) is 0 Å². The molecular formula is C11H11BrO. The molecule has 0 bridgehead atoms. The number of halogens is 1. The third-order valence-corrected chi connectivity index (χ3v) is 2.62. The fraction of sp³-hybridized carbons (Fsp3) is 0.273. The highest BCUT2D eigenvalue weighted by atomic mass is 79.9. The van der Waals surface area contributed by atoms with Crippen LogP contribution in [0, 0.1) is 0 Å². The van der Waals surface area contributed by atoms with Gasteiger partial charge in [-0.1, -0.05) is 29.8 Å². The van der Waals surface area contributed by atoms with Crippen molar-refractivity contribution >= 4 is 26.9 Å². The first kappa shape index (κ1) is 8.82. The zero-order valence-corrected chi connectivity index (χ0v) is 9.26. The van der Waals surface area contributed by atoms with Crippen LogP contribution in [-0.4, -0.2) is 0 Å². The van der Waals surface area contributed by atoms with Crippen LogP contribution in [0.2, 0.25) is 0 Å². The molecule has 0 aliphatic carbocycles. The minimum absolute atomic E-state index is 0.492. The smallest absolute Gasteiger partial charge is 0.137 e. The Balaban J connectivity index is 2.77. The van der Waals surface area contributed by atoms with Crippen LogP contribution in [-0.2, 0) is 0 Å². The molecule has 0 N–H and O–H groups in total. The zero-order valence-electron chi connectivity index (χ0n) is 7.67. The molecule has 2 aromatic rings. The summed E-state index contributed by atoms with van der Waals surface area (Å²) < 4.78 is 6.56. The van der Waals surface area contributed by atoms with Crippen LogP contribution in [0.25, 0.3) is 11.0 Å². The highest BCUT2D eigenvalue weighted by Gasteiger charge is 2.08. The van der Waals surface area contributed by atoms with Gasteiger partial charge >= 0.3 is 0 Å². The SMILES string of the molecule is CC(C)c1cc(Br)cc2ccoc12. The molecule has 1 nitrogen and oxygen atoms in total. The molecule has 0 saturated heterocycles. The molecule has 1 aromatic carbocycles. The molecule has 13 heavy (non-hydrogen) atoms. The van der Waals surface area contributed by atoms with Gasteiger partial charge in [0.05, 0.1) is 6.26 Å². The summed E-state index contributed by atoms with van der Waals surface area (Å²) in [5, 5.41) is 1.16. The second kappa shape index (κ2) is 3.18. The van der Waals surface area contributed by atoms with Gasteiger partial charge < -0.3 is 4.42 Å². The minimum Gasteiger partial charge on any atom is -0.464 e. The predicted molar refractivity (Wildman–Crippen MR) is 58.0 cm³/mol. The summed E-state index contributed by atoms with van der Waals surface area (Å²) in [4.78, 5) is 0. The summed E-state index contributed by atoms with van der Waals surface area (Å²) in [6.07, 6.45) is 1.74. The lowest BCUT2D eigenvalue weighted by Crippen LogP contribution is -1.87. The molecule has 2 heteroatoms. The van der Waals surface area contributed by atoms with E-state index < -0.39 is 0 Å². The molecule has 0 atom stereocenters. The Morgan fingerprint density at radius 1 is 1.31 bits per heavy atom. The van der Waals surface area contributed by atoms with Crippen LogP contribution < -0.4 is 0 Å². The minimum atomic E-state index is 0.492. The van der Waals surface area contributed by atoms with Gasteiger partial charge in [0.2, 0.25) is 0 Å². The van der Waals surface area contributed by atoms with Gasteiger partial charge in [-0.25, -0.2) is 0 Å². The highest BCUT2D eigenvalue weighted by Crippen LogP contribution is 2.29. The van der Waals surface area contributed by atoms with E-state index in [-0.39, 0.29) is 0 Å². The molecule has 0 fully saturated rings. The van der Waals surface area contributed by atoms with Crippen molar-refractivity contribution in [2.45, 2.75) is 19.8 Å². The molecule has 0 unspecified atom stereocenters. The molecule has 0 amide bonds. The average molecular weight is 239 g/mol. The fourth-order valence-electron chi connectivity index (χ4n) is 1.50. The Labute approximate surface area is 85.9 Å². The second-order valence-electron chi connectivity index (χ2n) is 3.49. The first-order valence-corrected chi connectivity index (χ1v) is 5.14. The summed E-state index contributed by atoms with van der Waals surface area (Å²) in [5.41, 5.74) is 2.27. The quantitative estimate of drug-likeness (QED) is 0.722.